The van der Waals surface area contributed by atoms with Crippen LogP contribution in [0.5, 0.6) is 0 Å². The Morgan fingerprint density at radius 2 is 1.69 bits per heavy atom. The molecular formula is C22H25N5O4S. The zero-order chi connectivity index (χ0) is 22.7. The van der Waals surface area contributed by atoms with Crippen LogP contribution in [0.1, 0.15) is 23.2 Å². The van der Waals surface area contributed by atoms with Crippen molar-refractivity contribution in [1.82, 2.24) is 24.0 Å². The number of nitrogens with one attached hydrogen (secondary N) is 1. The molecule has 0 saturated carbocycles. The number of sulfonamides is 1. The highest BCUT2D eigenvalue weighted by atomic mass is 32.2. The second-order valence-corrected chi connectivity index (χ2v) is 9.58. The molecule has 0 aliphatic carbocycles. The molecule has 9 nitrogen and oxygen atoms in total. The van der Waals surface area contributed by atoms with Gasteiger partial charge in [-0.3, -0.25) is 9.36 Å². The average molecular weight is 456 g/mol. The minimum Gasteiger partial charge on any atom is -0.350 e. The maximum atomic E-state index is 12.6. The lowest BCUT2D eigenvalue weighted by molar-refractivity contribution is 0.0951. The summed E-state index contributed by atoms with van der Waals surface area (Å²) in [6, 6.07) is 15.3. The van der Waals surface area contributed by atoms with Gasteiger partial charge in [0, 0.05) is 37.8 Å². The number of hydrogen-bond donors (Lipinski definition) is 1. The van der Waals surface area contributed by atoms with Crippen LogP contribution in [0.25, 0.3) is 11.4 Å². The second-order valence-electron chi connectivity index (χ2n) is 7.65. The number of nitrogens with zero attached hydrogens (tertiary/aromatic N) is 4. The van der Waals surface area contributed by atoms with Crippen molar-refractivity contribution in [2.45, 2.75) is 24.3 Å². The predicted octanol–water partition coefficient (Wildman–Crippen LogP) is 1.46. The van der Waals surface area contributed by atoms with Crippen LogP contribution in [-0.2, 0) is 23.6 Å². The van der Waals surface area contributed by atoms with Crippen molar-refractivity contribution < 1.29 is 13.2 Å². The third kappa shape index (κ3) is 4.37. The Morgan fingerprint density at radius 1 is 1.03 bits per heavy atom. The molecule has 1 N–H and O–H groups in total. The summed E-state index contributed by atoms with van der Waals surface area (Å²) in [6.45, 7) is 1.48. The number of aromatic nitrogens is 3. The Hall–Kier alpha value is -3.24. The van der Waals surface area contributed by atoms with Crippen LogP contribution in [0.4, 0.5) is 0 Å². The predicted molar refractivity (Wildman–Crippen MR) is 120 cm³/mol. The quantitative estimate of drug-likeness (QED) is 0.581. The van der Waals surface area contributed by atoms with Crippen molar-refractivity contribution in [3.8, 4) is 11.4 Å². The molecule has 1 amide bonds. The summed E-state index contributed by atoms with van der Waals surface area (Å²) in [5.41, 5.74) is 0.914. The van der Waals surface area contributed by atoms with Crippen molar-refractivity contribution in [2.75, 3.05) is 19.6 Å². The van der Waals surface area contributed by atoms with Gasteiger partial charge in [-0.25, -0.2) is 17.9 Å². The Balaban J connectivity index is 1.38. The van der Waals surface area contributed by atoms with E-state index >= 15 is 0 Å². The fourth-order valence-electron chi connectivity index (χ4n) is 3.71. The summed E-state index contributed by atoms with van der Waals surface area (Å²) in [6.07, 6.45) is 1.73. The highest BCUT2D eigenvalue weighted by Gasteiger charge is 2.27. The van der Waals surface area contributed by atoms with Gasteiger partial charge in [0.15, 0.2) is 5.82 Å². The SMILES string of the molecule is Cn1c(-c2ccccc2)nn(CCNC(=O)c2ccc(S(=O)(=O)N3CCCC3)cc2)c1=O. The minimum absolute atomic E-state index is 0.185. The molecule has 10 heteroatoms. The Morgan fingerprint density at radius 3 is 2.34 bits per heavy atom. The summed E-state index contributed by atoms with van der Waals surface area (Å²) in [4.78, 5) is 25.1. The standard InChI is InChI=1S/C22H25N5O4S/c1-25-20(17-7-3-2-4-8-17)24-27(22(25)29)16-13-23-21(28)18-9-11-19(12-10-18)32(30,31)26-14-5-6-15-26/h2-4,7-12H,5-6,13-16H2,1H3,(H,23,28). The van der Waals surface area contributed by atoms with E-state index in [4.69, 9.17) is 0 Å². The van der Waals surface area contributed by atoms with E-state index in [0.29, 0.717) is 24.5 Å². The molecule has 168 valence electrons. The van der Waals surface area contributed by atoms with E-state index in [1.807, 2.05) is 30.3 Å². The van der Waals surface area contributed by atoms with Crippen molar-refractivity contribution in [2.24, 2.45) is 7.05 Å². The third-order valence-corrected chi connectivity index (χ3v) is 7.41. The summed E-state index contributed by atoms with van der Waals surface area (Å²) < 4.78 is 29.4. The zero-order valence-corrected chi connectivity index (χ0v) is 18.6. The van der Waals surface area contributed by atoms with Crippen LogP contribution in [-0.4, -0.2) is 52.6 Å². The minimum atomic E-state index is -3.51. The maximum absolute atomic E-state index is 12.6. The topological polar surface area (TPSA) is 106 Å². The number of benzene rings is 2. The van der Waals surface area contributed by atoms with Crippen molar-refractivity contribution >= 4 is 15.9 Å². The molecule has 32 heavy (non-hydrogen) atoms. The Labute approximate surface area is 186 Å². The Kier molecular flexibility index (Phi) is 6.24. The van der Waals surface area contributed by atoms with Gasteiger partial charge in [-0.15, -0.1) is 5.10 Å². The highest BCUT2D eigenvalue weighted by molar-refractivity contribution is 7.89. The summed E-state index contributed by atoms with van der Waals surface area (Å²) >= 11 is 0. The molecule has 1 aliphatic rings. The molecule has 1 aliphatic heterocycles. The van der Waals surface area contributed by atoms with Gasteiger partial charge in [0.1, 0.15) is 0 Å². The molecular weight excluding hydrogens is 430 g/mol. The van der Waals surface area contributed by atoms with E-state index in [-0.39, 0.29) is 29.6 Å². The second kappa shape index (κ2) is 9.09. The van der Waals surface area contributed by atoms with E-state index in [0.717, 1.165) is 18.4 Å². The number of amides is 1. The van der Waals surface area contributed by atoms with Gasteiger partial charge in [0.2, 0.25) is 10.0 Å². The fraction of sp³-hybridized carbons (Fsp3) is 0.318. The first kappa shape index (κ1) is 22.0. The molecule has 1 fully saturated rings. The molecule has 2 heterocycles. The van der Waals surface area contributed by atoms with Crippen molar-refractivity contribution in [1.29, 1.82) is 0 Å². The average Bonchev–Trinajstić information content (AvgIpc) is 3.45. The lowest BCUT2D eigenvalue weighted by Crippen LogP contribution is -2.32. The van der Waals surface area contributed by atoms with Crippen LogP contribution in [0, 0.1) is 0 Å². The first-order valence-corrected chi connectivity index (χ1v) is 11.9. The molecule has 0 atom stereocenters. The van der Waals surface area contributed by atoms with Gasteiger partial charge in [-0.2, -0.15) is 4.31 Å². The van der Waals surface area contributed by atoms with E-state index in [2.05, 4.69) is 10.4 Å². The molecule has 0 radical (unpaired) electrons. The first-order valence-electron chi connectivity index (χ1n) is 10.5. The maximum Gasteiger partial charge on any atom is 0.345 e. The first-order chi connectivity index (χ1) is 15.4. The lowest BCUT2D eigenvalue weighted by Gasteiger charge is -2.15. The highest BCUT2D eigenvalue weighted by Crippen LogP contribution is 2.21. The van der Waals surface area contributed by atoms with Gasteiger partial charge in [0.05, 0.1) is 11.4 Å². The van der Waals surface area contributed by atoms with Gasteiger partial charge < -0.3 is 5.32 Å². The van der Waals surface area contributed by atoms with Crippen LogP contribution in [0.2, 0.25) is 0 Å². The summed E-state index contributed by atoms with van der Waals surface area (Å²) in [7, 11) is -1.85. The zero-order valence-electron chi connectivity index (χ0n) is 17.8. The van der Waals surface area contributed by atoms with Crippen LogP contribution >= 0.6 is 0 Å². The fourth-order valence-corrected chi connectivity index (χ4v) is 5.22. The molecule has 3 aromatic rings. The smallest absolute Gasteiger partial charge is 0.345 e. The summed E-state index contributed by atoms with van der Waals surface area (Å²) in [5, 5.41) is 7.12. The van der Waals surface area contributed by atoms with Crippen molar-refractivity contribution in [3.63, 3.8) is 0 Å². The van der Waals surface area contributed by atoms with Crippen LogP contribution in [0.15, 0.2) is 64.3 Å². The number of carbonyl (C=O) groups is 1. The van der Waals surface area contributed by atoms with E-state index in [9.17, 15) is 18.0 Å². The molecule has 1 saturated heterocycles. The summed E-state index contributed by atoms with van der Waals surface area (Å²) in [5.74, 6) is 0.208. The van der Waals surface area contributed by atoms with Gasteiger partial charge >= 0.3 is 5.69 Å². The number of rotatable bonds is 7. The van der Waals surface area contributed by atoms with E-state index < -0.39 is 10.0 Å². The molecule has 1 aromatic heterocycles. The van der Waals surface area contributed by atoms with Gasteiger partial charge in [-0.05, 0) is 37.1 Å². The van der Waals surface area contributed by atoms with Crippen LogP contribution < -0.4 is 11.0 Å². The third-order valence-electron chi connectivity index (χ3n) is 5.50. The van der Waals surface area contributed by atoms with E-state index in [1.165, 1.54) is 37.8 Å². The number of hydrogen-bond acceptors (Lipinski definition) is 5. The molecule has 0 spiro atoms. The lowest BCUT2D eigenvalue weighted by atomic mass is 10.2. The number of carbonyl (C=O) groups excluding carboxylic acids is 1. The normalized spacial score (nSPS) is 14.5. The molecule has 4 rings (SSSR count). The van der Waals surface area contributed by atoms with Crippen LogP contribution in [0.3, 0.4) is 0 Å². The monoisotopic (exact) mass is 455 g/mol. The molecule has 2 aromatic carbocycles. The van der Waals surface area contributed by atoms with E-state index in [1.54, 1.807) is 7.05 Å². The van der Waals surface area contributed by atoms with Gasteiger partial charge in [-0.1, -0.05) is 30.3 Å². The Bertz CT molecular complexity index is 1260. The largest absolute Gasteiger partial charge is 0.350 e. The van der Waals surface area contributed by atoms with Gasteiger partial charge in [0.25, 0.3) is 5.91 Å². The molecule has 0 unspecified atom stereocenters. The molecule has 0 bridgehead atoms. The van der Waals surface area contributed by atoms with Crippen molar-refractivity contribution in [3.05, 3.63) is 70.6 Å².